The number of nitrogens with zero attached hydrogens (tertiary/aromatic N) is 2. The molecule has 0 spiro atoms. The number of aliphatic hydroxyl groups excluding tert-OH is 1. The zero-order valence-electron chi connectivity index (χ0n) is 22.5. The molecule has 4 rings (SSSR count). The van der Waals surface area contributed by atoms with Crippen LogP contribution in [-0.4, -0.2) is 67.7 Å². The van der Waals surface area contributed by atoms with Crippen molar-refractivity contribution in [3.05, 3.63) is 78.1 Å². The van der Waals surface area contributed by atoms with Crippen LogP contribution >= 0.6 is 0 Å². The van der Waals surface area contributed by atoms with Crippen LogP contribution in [0.1, 0.15) is 19.4 Å². The maximum Gasteiger partial charge on any atom is 0.321 e. The molecule has 208 valence electrons. The van der Waals surface area contributed by atoms with E-state index in [1.165, 1.54) is 33.5 Å². The lowest BCUT2D eigenvalue weighted by atomic mass is 10.00. The average Bonchev–Trinajstić information content (AvgIpc) is 2.91. The molecule has 2 N–H and O–H groups in total. The first-order chi connectivity index (χ1) is 18.5. The van der Waals surface area contributed by atoms with Crippen LogP contribution in [0.5, 0.6) is 5.75 Å². The van der Waals surface area contributed by atoms with Crippen molar-refractivity contribution in [2.75, 3.05) is 32.1 Å². The van der Waals surface area contributed by atoms with E-state index < -0.39 is 34.0 Å². The molecule has 1 aliphatic heterocycles. The number of ether oxygens (including phenoxy) is 1. The quantitative estimate of drug-likeness (QED) is 0.458. The van der Waals surface area contributed by atoms with Gasteiger partial charge in [-0.2, -0.15) is 4.31 Å². The Hall–Kier alpha value is -3.47. The molecule has 3 atom stereocenters. The third-order valence-corrected chi connectivity index (χ3v) is 9.04. The minimum Gasteiger partial charge on any atom is -0.487 e. The Morgan fingerprint density at radius 2 is 1.87 bits per heavy atom. The first kappa shape index (κ1) is 28.5. The summed E-state index contributed by atoms with van der Waals surface area (Å²) in [5, 5.41) is 12.6. The van der Waals surface area contributed by atoms with Crippen molar-refractivity contribution >= 4 is 21.7 Å². The number of carbonyl (C=O) groups excluding carboxylic acids is 1. The molecular formula is C29H34FN3O5S. The highest BCUT2D eigenvalue weighted by Gasteiger charge is 2.38. The molecule has 8 nitrogen and oxygen atoms in total. The summed E-state index contributed by atoms with van der Waals surface area (Å²) in [7, 11) is -2.37. The minimum atomic E-state index is -3.98. The number of hydrogen-bond acceptors (Lipinski definition) is 5. The number of rotatable bonds is 6. The van der Waals surface area contributed by atoms with Gasteiger partial charge in [-0.05, 0) is 66.9 Å². The SMILES string of the molecule is Cc1ccccc1-c1ccc2c(c1)O[C@@H](CN(C)C(=O)Nc1ccc(F)cc1)[C@H](C)CN([C@H](C)CO)S2(=O)=O. The third-order valence-electron chi connectivity index (χ3n) is 7.02. The number of likely N-dealkylation sites (N-methyl/N-ethyl adjacent to an activating group) is 1. The second kappa shape index (κ2) is 11.7. The molecule has 10 heteroatoms. The van der Waals surface area contributed by atoms with Gasteiger partial charge in [0.05, 0.1) is 13.2 Å². The van der Waals surface area contributed by atoms with Gasteiger partial charge in [0.2, 0.25) is 10.0 Å². The predicted molar refractivity (Wildman–Crippen MR) is 149 cm³/mol. The number of amides is 2. The Bertz CT molecular complexity index is 1430. The van der Waals surface area contributed by atoms with Crippen LogP contribution < -0.4 is 10.1 Å². The second-order valence-corrected chi connectivity index (χ2v) is 11.9. The first-order valence-electron chi connectivity index (χ1n) is 12.8. The van der Waals surface area contributed by atoms with Gasteiger partial charge in [-0.15, -0.1) is 0 Å². The lowest BCUT2D eigenvalue weighted by molar-refractivity contribution is 0.0830. The van der Waals surface area contributed by atoms with Crippen LogP contribution in [0, 0.1) is 18.7 Å². The number of hydrogen-bond donors (Lipinski definition) is 2. The topological polar surface area (TPSA) is 99.2 Å². The molecular weight excluding hydrogens is 521 g/mol. The molecule has 1 aliphatic rings. The van der Waals surface area contributed by atoms with E-state index in [0.717, 1.165) is 16.7 Å². The summed E-state index contributed by atoms with van der Waals surface area (Å²) in [6.07, 6.45) is -0.566. The fourth-order valence-corrected chi connectivity index (χ4v) is 6.44. The highest BCUT2D eigenvalue weighted by atomic mass is 32.2. The minimum absolute atomic E-state index is 0.00968. The highest BCUT2D eigenvalue weighted by Crippen LogP contribution is 2.37. The summed E-state index contributed by atoms with van der Waals surface area (Å²) in [4.78, 5) is 14.4. The van der Waals surface area contributed by atoms with Crippen molar-refractivity contribution < 1.29 is 27.4 Å². The molecule has 0 radical (unpaired) electrons. The molecule has 0 saturated carbocycles. The number of anilines is 1. The maximum atomic E-state index is 13.7. The van der Waals surface area contributed by atoms with E-state index >= 15 is 0 Å². The van der Waals surface area contributed by atoms with E-state index in [0.29, 0.717) is 5.69 Å². The average molecular weight is 556 g/mol. The van der Waals surface area contributed by atoms with E-state index in [1.807, 2.05) is 38.1 Å². The Kier molecular flexibility index (Phi) is 8.58. The van der Waals surface area contributed by atoms with Crippen LogP contribution in [0.25, 0.3) is 11.1 Å². The Morgan fingerprint density at radius 1 is 1.18 bits per heavy atom. The fraction of sp³-hybridized carbons (Fsp3) is 0.345. The largest absolute Gasteiger partial charge is 0.487 e. The van der Waals surface area contributed by atoms with Crippen LogP contribution in [0.3, 0.4) is 0 Å². The van der Waals surface area contributed by atoms with Gasteiger partial charge in [-0.25, -0.2) is 17.6 Å². The van der Waals surface area contributed by atoms with Gasteiger partial charge in [0.25, 0.3) is 0 Å². The number of sulfonamides is 1. The molecule has 0 aliphatic carbocycles. The van der Waals surface area contributed by atoms with E-state index in [-0.39, 0.29) is 36.3 Å². The molecule has 0 saturated heterocycles. The zero-order chi connectivity index (χ0) is 28.3. The van der Waals surface area contributed by atoms with Gasteiger partial charge in [0, 0.05) is 31.2 Å². The van der Waals surface area contributed by atoms with E-state index in [4.69, 9.17) is 4.74 Å². The number of fused-ring (bicyclic) bond motifs is 1. The van der Waals surface area contributed by atoms with Gasteiger partial charge in [-0.3, -0.25) is 0 Å². The van der Waals surface area contributed by atoms with Crippen molar-refractivity contribution in [2.24, 2.45) is 5.92 Å². The number of nitrogens with one attached hydrogen (secondary N) is 1. The first-order valence-corrected chi connectivity index (χ1v) is 14.2. The van der Waals surface area contributed by atoms with Crippen molar-refractivity contribution in [3.63, 3.8) is 0 Å². The summed E-state index contributed by atoms with van der Waals surface area (Å²) in [6, 6.07) is 17.2. The summed E-state index contributed by atoms with van der Waals surface area (Å²) >= 11 is 0. The van der Waals surface area contributed by atoms with Gasteiger partial charge in [-0.1, -0.05) is 37.3 Å². The smallest absolute Gasteiger partial charge is 0.321 e. The molecule has 3 aromatic rings. The fourth-order valence-electron chi connectivity index (χ4n) is 4.61. The molecule has 1 heterocycles. The number of aryl methyl sites for hydroxylation is 1. The molecule has 0 unspecified atom stereocenters. The Morgan fingerprint density at radius 3 is 2.54 bits per heavy atom. The Balaban J connectivity index is 1.69. The number of urea groups is 1. The van der Waals surface area contributed by atoms with Crippen molar-refractivity contribution in [2.45, 2.75) is 37.8 Å². The molecule has 0 fully saturated rings. The van der Waals surface area contributed by atoms with E-state index in [9.17, 15) is 22.7 Å². The molecule has 2 amide bonds. The predicted octanol–water partition coefficient (Wildman–Crippen LogP) is 4.73. The van der Waals surface area contributed by atoms with Crippen LogP contribution in [0.4, 0.5) is 14.9 Å². The molecule has 39 heavy (non-hydrogen) atoms. The lowest BCUT2D eigenvalue weighted by Gasteiger charge is -2.37. The standard InChI is InChI=1S/C29H34FN3O5S/c1-19-7-5-6-8-25(19)22-9-14-28-26(15-22)38-27(20(2)16-33(21(3)18-34)39(28,36)37)17-32(4)29(35)31-24-12-10-23(30)11-13-24/h5-15,20-21,27,34H,16-18H2,1-4H3,(H,31,35)/t20-,21-,27+/m1/s1. The highest BCUT2D eigenvalue weighted by molar-refractivity contribution is 7.89. The number of benzene rings is 3. The van der Waals surface area contributed by atoms with Gasteiger partial charge in [0.1, 0.15) is 22.6 Å². The third kappa shape index (κ3) is 6.24. The van der Waals surface area contributed by atoms with Crippen molar-refractivity contribution in [1.82, 2.24) is 9.21 Å². The van der Waals surface area contributed by atoms with E-state index in [2.05, 4.69) is 5.32 Å². The van der Waals surface area contributed by atoms with Crippen molar-refractivity contribution in [3.8, 4) is 16.9 Å². The summed E-state index contributed by atoms with van der Waals surface area (Å²) < 4.78 is 48.4. The molecule has 0 aromatic heterocycles. The zero-order valence-corrected chi connectivity index (χ0v) is 23.3. The molecule has 3 aromatic carbocycles. The van der Waals surface area contributed by atoms with Crippen molar-refractivity contribution in [1.29, 1.82) is 0 Å². The van der Waals surface area contributed by atoms with Gasteiger partial charge in [0.15, 0.2) is 0 Å². The lowest BCUT2D eigenvalue weighted by Crippen LogP contribution is -2.50. The van der Waals surface area contributed by atoms with Gasteiger partial charge < -0.3 is 20.1 Å². The van der Waals surface area contributed by atoms with Crippen LogP contribution in [-0.2, 0) is 10.0 Å². The maximum absolute atomic E-state index is 13.7. The van der Waals surface area contributed by atoms with Crippen LogP contribution in [0.15, 0.2) is 71.6 Å². The monoisotopic (exact) mass is 555 g/mol. The summed E-state index contributed by atoms with van der Waals surface area (Å²) in [6.45, 7) is 5.41. The second-order valence-electron chi connectivity index (χ2n) is 10.0. The Labute approximate surface area is 229 Å². The normalized spacial score (nSPS) is 19.6. The van der Waals surface area contributed by atoms with Crippen LogP contribution in [0.2, 0.25) is 0 Å². The number of carbonyl (C=O) groups is 1. The van der Waals surface area contributed by atoms with E-state index in [1.54, 1.807) is 32.2 Å². The molecule has 0 bridgehead atoms. The number of aliphatic hydroxyl groups is 1. The summed E-state index contributed by atoms with van der Waals surface area (Å²) in [5.41, 5.74) is 3.23. The summed E-state index contributed by atoms with van der Waals surface area (Å²) in [5.74, 6) is -0.543. The number of halogens is 1. The van der Waals surface area contributed by atoms with Gasteiger partial charge >= 0.3 is 6.03 Å².